The van der Waals surface area contributed by atoms with Crippen molar-refractivity contribution in [1.82, 2.24) is 20.1 Å². The van der Waals surface area contributed by atoms with E-state index in [0.717, 1.165) is 25.7 Å². The summed E-state index contributed by atoms with van der Waals surface area (Å²) in [6, 6.07) is 3.37. The molecule has 8 nitrogen and oxygen atoms in total. The quantitative estimate of drug-likeness (QED) is 0.852. The van der Waals surface area contributed by atoms with Gasteiger partial charge in [0.05, 0.1) is 6.61 Å². The molecule has 3 amide bonds. The van der Waals surface area contributed by atoms with Gasteiger partial charge in [0, 0.05) is 44.0 Å². The number of rotatable bonds is 4. The summed E-state index contributed by atoms with van der Waals surface area (Å²) in [6.45, 7) is 3.84. The molecule has 1 aromatic rings. The molecule has 0 spiro atoms. The summed E-state index contributed by atoms with van der Waals surface area (Å²) < 4.78 is 5.00. The Bertz CT molecular complexity index is 710. The molecule has 0 radical (unpaired) electrons. The molecule has 152 valence electrons. The smallest absolute Gasteiger partial charge is 0.409 e. The average molecular weight is 388 g/mol. The molecule has 0 bridgehead atoms. The van der Waals surface area contributed by atoms with Crippen LogP contribution in [0.4, 0.5) is 4.79 Å². The topological polar surface area (TPSA) is 91.8 Å². The third kappa shape index (κ3) is 4.99. The first-order valence-electron chi connectivity index (χ1n) is 10.1. The second-order valence-corrected chi connectivity index (χ2v) is 7.22. The van der Waals surface area contributed by atoms with Crippen molar-refractivity contribution in [2.45, 2.75) is 45.1 Å². The fourth-order valence-electron chi connectivity index (χ4n) is 3.68. The summed E-state index contributed by atoms with van der Waals surface area (Å²) in [5.74, 6) is -0.383. The maximum absolute atomic E-state index is 12.8. The molecule has 2 aliphatic rings. The summed E-state index contributed by atoms with van der Waals surface area (Å²) in [5.41, 5.74) is 0.704. The SMILES string of the molecule is CCOC(=O)N1CCN(C(=O)c2ccnc(C(=O)NC3CCCCC3)c2)CC1. The Kier molecular flexibility index (Phi) is 6.84. The third-order valence-electron chi connectivity index (χ3n) is 5.27. The van der Waals surface area contributed by atoms with Gasteiger partial charge in [0.1, 0.15) is 5.69 Å². The van der Waals surface area contributed by atoms with Gasteiger partial charge >= 0.3 is 6.09 Å². The molecule has 2 fully saturated rings. The molecular weight excluding hydrogens is 360 g/mol. The van der Waals surface area contributed by atoms with Gasteiger partial charge in [-0.05, 0) is 31.9 Å². The average Bonchev–Trinajstić information content (AvgIpc) is 2.74. The van der Waals surface area contributed by atoms with Gasteiger partial charge in [0.15, 0.2) is 0 Å². The minimum atomic E-state index is -0.347. The van der Waals surface area contributed by atoms with E-state index in [4.69, 9.17) is 4.74 Å². The molecule has 0 aromatic carbocycles. The van der Waals surface area contributed by atoms with Gasteiger partial charge in [-0.15, -0.1) is 0 Å². The van der Waals surface area contributed by atoms with Crippen molar-refractivity contribution >= 4 is 17.9 Å². The molecule has 8 heteroatoms. The standard InChI is InChI=1S/C20H28N4O4/c1-2-28-20(27)24-12-10-23(11-13-24)19(26)15-8-9-21-17(14-15)18(25)22-16-6-4-3-5-7-16/h8-9,14,16H,2-7,10-13H2,1H3,(H,22,25). The van der Waals surface area contributed by atoms with Crippen molar-refractivity contribution in [2.75, 3.05) is 32.8 Å². The van der Waals surface area contributed by atoms with Crippen LogP contribution >= 0.6 is 0 Å². The van der Waals surface area contributed by atoms with Crippen LogP contribution in [0.25, 0.3) is 0 Å². The van der Waals surface area contributed by atoms with E-state index in [9.17, 15) is 14.4 Å². The lowest BCUT2D eigenvalue weighted by atomic mass is 9.95. The van der Waals surface area contributed by atoms with E-state index < -0.39 is 0 Å². The van der Waals surface area contributed by atoms with Crippen molar-refractivity contribution in [3.8, 4) is 0 Å². The van der Waals surface area contributed by atoms with Gasteiger partial charge in [-0.1, -0.05) is 19.3 Å². The molecular formula is C20H28N4O4. The van der Waals surface area contributed by atoms with Gasteiger partial charge in [-0.3, -0.25) is 14.6 Å². The highest BCUT2D eigenvalue weighted by atomic mass is 16.6. The lowest BCUT2D eigenvalue weighted by Gasteiger charge is -2.34. The molecule has 0 atom stereocenters. The Balaban J connectivity index is 1.58. The zero-order valence-electron chi connectivity index (χ0n) is 16.4. The largest absolute Gasteiger partial charge is 0.450 e. The molecule has 1 aliphatic heterocycles. The van der Waals surface area contributed by atoms with Gasteiger partial charge < -0.3 is 19.9 Å². The number of carbonyl (C=O) groups is 3. The number of pyridine rings is 1. The van der Waals surface area contributed by atoms with Crippen LogP contribution in [0.1, 0.15) is 59.9 Å². The fraction of sp³-hybridized carbons (Fsp3) is 0.600. The number of hydrogen-bond donors (Lipinski definition) is 1. The lowest BCUT2D eigenvalue weighted by molar-refractivity contribution is 0.0570. The van der Waals surface area contributed by atoms with Crippen LogP contribution in [-0.2, 0) is 4.74 Å². The van der Waals surface area contributed by atoms with Crippen LogP contribution in [0.3, 0.4) is 0 Å². The molecule has 3 rings (SSSR count). The van der Waals surface area contributed by atoms with Gasteiger partial charge in [0.25, 0.3) is 11.8 Å². The number of carbonyl (C=O) groups excluding carboxylic acids is 3. The number of aromatic nitrogens is 1. The third-order valence-corrected chi connectivity index (χ3v) is 5.27. The van der Waals surface area contributed by atoms with Crippen LogP contribution in [0.5, 0.6) is 0 Å². The van der Waals surface area contributed by atoms with Crippen molar-refractivity contribution in [2.24, 2.45) is 0 Å². The zero-order valence-corrected chi connectivity index (χ0v) is 16.4. The van der Waals surface area contributed by atoms with Crippen molar-refractivity contribution < 1.29 is 19.1 Å². The van der Waals surface area contributed by atoms with E-state index in [1.54, 1.807) is 28.9 Å². The number of hydrogen-bond acceptors (Lipinski definition) is 5. The molecule has 1 saturated heterocycles. The highest BCUT2D eigenvalue weighted by Crippen LogP contribution is 2.18. The molecule has 1 N–H and O–H groups in total. The minimum Gasteiger partial charge on any atom is -0.450 e. The number of ether oxygens (including phenoxy) is 1. The minimum absolute atomic E-state index is 0.155. The second kappa shape index (κ2) is 9.52. The van der Waals surface area contributed by atoms with Crippen LogP contribution in [0, 0.1) is 0 Å². The molecule has 0 unspecified atom stereocenters. The monoisotopic (exact) mass is 388 g/mol. The highest BCUT2D eigenvalue weighted by Gasteiger charge is 2.26. The molecule has 28 heavy (non-hydrogen) atoms. The predicted molar refractivity (Wildman–Crippen MR) is 103 cm³/mol. The molecule has 1 aromatic heterocycles. The van der Waals surface area contributed by atoms with Crippen molar-refractivity contribution in [1.29, 1.82) is 0 Å². The van der Waals surface area contributed by atoms with E-state index in [2.05, 4.69) is 10.3 Å². The maximum Gasteiger partial charge on any atom is 0.409 e. The van der Waals surface area contributed by atoms with Crippen LogP contribution in [0.15, 0.2) is 18.3 Å². The van der Waals surface area contributed by atoms with E-state index >= 15 is 0 Å². The first-order chi connectivity index (χ1) is 13.6. The molecule has 1 saturated carbocycles. The van der Waals surface area contributed by atoms with E-state index in [0.29, 0.717) is 38.3 Å². The Hall–Kier alpha value is -2.64. The number of nitrogens with zero attached hydrogens (tertiary/aromatic N) is 3. The van der Waals surface area contributed by atoms with Crippen LogP contribution < -0.4 is 5.32 Å². The highest BCUT2D eigenvalue weighted by molar-refractivity contribution is 5.98. The van der Waals surface area contributed by atoms with Gasteiger partial charge in [-0.25, -0.2) is 4.79 Å². The van der Waals surface area contributed by atoms with Crippen molar-refractivity contribution in [3.05, 3.63) is 29.6 Å². The molecule has 2 heterocycles. The normalized spacial score (nSPS) is 17.9. The fourth-order valence-corrected chi connectivity index (χ4v) is 3.68. The summed E-state index contributed by atoms with van der Waals surface area (Å²) >= 11 is 0. The van der Waals surface area contributed by atoms with Crippen LogP contribution in [-0.4, -0.2) is 71.5 Å². The first kappa shape index (κ1) is 20.1. The summed E-state index contributed by atoms with van der Waals surface area (Å²) in [6.07, 6.45) is 6.63. The predicted octanol–water partition coefficient (Wildman–Crippen LogP) is 2.06. The van der Waals surface area contributed by atoms with Crippen molar-refractivity contribution in [3.63, 3.8) is 0 Å². The number of piperazine rings is 1. The van der Waals surface area contributed by atoms with Gasteiger partial charge in [0.2, 0.25) is 0 Å². The zero-order chi connectivity index (χ0) is 19.9. The Labute approximate surface area is 165 Å². The maximum atomic E-state index is 12.8. The number of amides is 3. The van der Waals surface area contributed by atoms with E-state index in [1.165, 1.54) is 12.6 Å². The summed E-state index contributed by atoms with van der Waals surface area (Å²) in [4.78, 5) is 44.5. The second-order valence-electron chi connectivity index (χ2n) is 7.22. The number of nitrogens with one attached hydrogen (secondary N) is 1. The van der Waals surface area contributed by atoms with E-state index in [-0.39, 0.29) is 29.6 Å². The summed E-state index contributed by atoms with van der Waals surface area (Å²) in [5, 5.41) is 3.03. The van der Waals surface area contributed by atoms with Gasteiger partial charge in [-0.2, -0.15) is 0 Å². The summed E-state index contributed by atoms with van der Waals surface area (Å²) in [7, 11) is 0. The van der Waals surface area contributed by atoms with Crippen LogP contribution in [0.2, 0.25) is 0 Å². The Morgan fingerprint density at radius 2 is 1.79 bits per heavy atom. The Morgan fingerprint density at radius 3 is 2.46 bits per heavy atom. The Morgan fingerprint density at radius 1 is 1.11 bits per heavy atom. The van der Waals surface area contributed by atoms with E-state index in [1.807, 2.05) is 0 Å². The first-order valence-corrected chi connectivity index (χ1v) is 10.1. The lowest BCUT2D eigenvalue weighted by Crippen LogP contribution is -2.50. The molecule has 1 aliphatic carbocycles.